The van der Waals surface area contributed by atoms with Crippen LogP contribution in [0, 0.1) is 0 Å². The van der Waals surface area contributed by atoms with E-state index in [0.717, 1.165) is 5.06 Å². The second-order valence-electron chi connectivity index (χ2n) is 14.0. The van der Waals surface area contributed by atoms with Crippen molar-refractivity contribution in [3.05, 3.63) is 0 Å². The van der Waals surface area contributed by atoms with E-state index in [0.29, 0.717) is 38.8 Å². The standard InChI is InChI=1S/C28H44N6O10/c1-25(2,3)41-23(39)31-15-9-17(31)19(35)33-13-7-11-27(43-33)21(37)30-28(22(38)29-27)12-8-14-34(44-28)20(36)18-10-16-32(18)24(40)42-26(4,5)6/h17-19,35H,7-16H2,1-6H3,(H,29,38)(H,30,37)/t17?,18?,19?,27-,28-/m1/s1. The minimum Gasteiger partial charge on any atom is -0.444 e. The quantitative estimate of drug-likeness (QED) is 0.399. The summed E-state index contributed by atoms with van der Waals surface area (Å²) < 4.78 is 10.8. The summed E-state index contributed by atoms with van der Waals surface area (Å²) in [7, 11) is 0. The van der Waals surface area contributed by atoms with Crippen LogP contribution in [0.2, 0.25) is 0 Å². The summed E-state index contributed by atoms with van der Waals surface area (Å²) >= 11 is 0. The highest BCUT2D eigenvalue weighted by Crippen LogP contribution is 2.36. The molecule has 5 saturated heterocycles. The third-order valence-corrected chi connectivity index (χ3v) is 8.21. The summed E-state index contributed by atoms with van der Waals surface area (Å²) in [5.41, 5.74) is -5.11. The second kappa shape index (κ2) is 11.3. The summed E-state index contributed by atoms with van der Waals surface area (Å²) in [5, 5.41) is 18.7. The Morgan fingerprint density at radius 3 is 1.84 bits per heavy atom. The number of piperazine rings is 1. The molecule has 0 saturated carbocycles. The van der Waals surface area contributed by atoms with E-state index < -0.39 is 70.9 Å². The Bertz CT molecular complexity index is 1200. The van der Waals surface area contributed by atoms with Crippen LogP contribution in [0.4, 0.5) is 9.59 Å². The number of hydrogen-bond donors (Lipinski definition) is 3. The zero-order valence-corrected chi connectivity index (χ0v) is 26.2. The summed E-state index contributed by atoms with van der Waals surface area (Å²) in [4.78, 5) is 80.2. The van der Waals surface area contributed by atoms with Gasteiger partial charge in [0.05, 0.1) is 6.04 Å². The van der Waals surface area contributed by atoms with Gasteiger partial charge in [-0.1, -0.05) is 0 Å². The zero-order valence-electron chi connectivity index (χ0n) is 26.2. The van der Waals surface area contributed by atoms with E-state index in [1.165, 1.54) is 14.9 Å². The van der Waals surface area contributed by atoms with E-state index in [1.807, 2.05) is 0 Å². The van der Waals surface area contributed by atoms with E-state index in [1.54, 1.807) is 41.5 Å². The van der Waals surface area contributed by atoms with Crippen LogP contribution in [0.25, 0.3) is 0 Å². The minimum atomic E-state index is -1.86. The van der Waals surface area contributed by atoms with Gasteiger partial charge in [-0.25, -0.2) is 19.5 Å². The van der Waals surface area contributed by atoms with E-state index in [9.17, 15) is 29.1 Å². The Morgan fingerprint density at radius 2 is 1.34 bits per heavy atom. The summed E-state index contributed by atoms with van der Waals surface area (Å²) in [6.07, 6.45) is -0.576. The van der Waals surface area contributed by atoms with Crippen LogP contribution in [-0.2, 0) is 33.5 Å². The molecule has 0 aromatic rings. The fourth-order valence-corrected chi connectivity index (χ4v) is 5.84. The van der Waals surface area contributed by atoms with Crippen LogP contribution >= 0.6 is 0 Å². The Hall–Kier alpha value is -3.21. The number of aliphatic hydroxyl groups is 1. The number of ether oxygens (including phenoxy) is 2. The first-order valence-electron chi connectivity index (χ1n) is 15.2. The van der Waals surface area contributed by atoms with Crippen LogP contribution < -0.4 is 10.6 Å². The fraction of sp³-hybridized carbons (Fsp3) is 0.821. The molecule has 5 amide bonds. The molecule has 0 radical (unpaired) electrons. The lowest BCUT2D eigenvalue weighted by Gasteiger charge is -2.52. The van der Waals surface area contributed by atoms with Crippen molar-refractivity contribution in [1.29, 1.82) is 0 Å². The Labute approximate surface area is 256 Å². The maximum absolute atomic E-state index is 13.6. The van der Waals surface area contributed by atoms with Crippen molar-refractivity contribution in [3.8, 4) is 0 Å². The van der Waals surface area contributed by atoms with Crippen molar-refractivity contribution < 1.29 is 48.2 Å². The molecule has 0 bridgehead atoms. The number of carbonyl (C=O) groups excluding carboxylic acids is 5. The van der Waals surface area contributed by atoms with Gasteiger partial charge in [-0.05, 0) is 67.2 Å². The molecule has 3 unspecified atom stereocenters. The molecular formula is C28H44N6O10. The molecule has 16 nitrogen and oxygen atoms in total. The van der Waals surface area contributed by atoms with Crippen molar-refractivity contribution in [2.24, 2.45) is 0 Å². The van der Waals surface area contributed by atoms with Crippen LogP contribution in [0.3, 0.4) is 0 Å². The lowest BCUT2D eigenvalue weighted by molar-refractivity contribution is -0.338. The molecule has 0 aromatic carbocycles. The predicted octanol–water partition coefficient (Wildman–Crippen LogP) is 0.544. The van der Waals surface area contributed by atoms with E-state index >= 15 is 0 Å². The first-order chi connectivity index (χ1) is 20.4. The number of rotatable bonds is 3. The van der Waals surface area contributed by atoms with Gasteiger partial charge in [0.25, 0.3) is 17.7 Å². The van der Waals surface area contributed by atoms with Crippen molar-refractivity contribution in [2.45, 2.75) is 121 Å². The number of nitrogens with zero attached hydrogens (tertiary/aromatic N) is 4. The first kappa shape index (κ1) is 32.2. The summed E-state index contributed by atoms with van der Waals surface area (Å²) in [6, 6.07) is -1.43. The van der Waals surface area contributed by atoms with E-state index in [2.05, 4.69) is 10.6 Å². The number of amides is 5. The van der Waals surface area contributed by atoms with Crippen molar-refractivity contribution >= 4 is 29.9 Å². The second-order valence-corrected chi connectivity index (χ2v) is 14.0. The number of aliphatic hydroxyl groups excluding tert-OH is 1. The van der Waals surface area contributed by atoms with Crippen LogP contribution in [-0.4, -0.2) is 122 Å². The average Bonchev–Trinajstić information content (AvgIpc) is 2.84. The lowest BCUT2D eigenvalue weighted by atomic mass is 9.94. The summed E-state index contributed by atoms with van der Waals surface area (Å²) in [5.74, 6) is -1.91. The monoisotopic (exact) mass is 624 g/mol. The van der Waals surface area contributed by atoms with Crippen molar-refractivity contribution in [1.82, 2.24) is 30.6 Å². The molecule has 2 spiro atoms. The normalized spacial score (nSPS) is 31.9. The number of hydrogen-bond acceptors (Lipinski definition) is 11. The molecule has 44 heavy (non-hydrogen) atoms. The maximum Gasteiger partial charge on any atom is 0.410 e. The molecule has 3 N–H and O–H groups in total. The zero-order chi connectivity index (χ0) is 32.2. The maximum atomic E-state index is 13.6. The topological polar surface area (TPSA) is 180 Å². The number of carbonyl (C=O) groups is 5. The SMILES string of the molecule is CC(C)(C)OC(=O)N1CCC1C(=O)N1CCC[C@@]2(NC(=O)[C@]3(CCCN(C(O)C4CCN4C(=O)OC(C)(C)C)O3)NC2=O)O1. The highest BCUT2D eigenvalue weighted by molar-refractivity contribution is 6.01. The first-order valence-corrected chi connectivity index (χ1v) is 15.2. The van der Waals surface area contributed by atoms with Gasteiger partial charge in [0, 0.05) is 39.0 Å². The molecule has 5 rings (SSSR count). The molecule has 5 aliphatic rings. The highest BCUT2D eigenvalue weighted by atomic mass is 16.7. The average molecular weight is 625 g/mol. The third kappa shape index (κ3) is 6.17. The van der Waals surface area contributed by atoms with Gasteiger partial charge in [0.2, 0.25) is 11.4 Å². The van der Waals surface area contributed by atoms with Gasteiger partial charge in [-0.15, -0.1) is 0 Å². The Kier molecular flexibility index (Phi) is 8.27. The molecular weight excluding hydrogens is 580 g/mol. The van der Waals surface area contributed by atoms with Crippen LogP contribution in [0.15, 0.2) is 0 Å². The molecule has 5 heterocycles. The predicted molar refractivity (Wildman–Crippen MR) is 150 cm³/mol. The van der Waals surface area contributed by atoms with Crippen molar-refractivity contribution in [2.75, 3.05) is 26.2 Å². The summed E-state index contributed by atoms with van der Waals surface area (Å²) in [6.45, 7) is 11.6. The third-order valence-electron chi connectivity index (χ3n) is 8.21. The molecule has 0 aliphatic carbocycles. The van der Waals surface area contributed by atoms with Gasteiger partial charge in [0.15, 0.2) is 0 Å². The number of nitrogens with one attached hydrogen (secondary N) is 2. The van der Waals surface area contributed by atoms with Gasteiger partial charge in [0.1, 0.15) is 23.5 Å². The number of hydroxylamine groups is 4. The minimum absolute atomic E-state index is 0.101. The molecule has 16 heteroatoms. The molecule has 0 aromatic heterocycles. The molecule has 246 valence electrons. The van der Waals surface area contributed by atoms with Crippen LogP contribution in [0.1, 0.15) is 80.1 Å². The fourth-order valence-electron chi connectivity index (χ4n) is 5.84. The molecule has 5 aliphatic heterocycles. The van der Waals surface area contributed by atoms with Gasteiger partial charge in [-0.2, -0.15) is 5.06 Å². The highest BCUT2D eigenvalue weighted by Gasteiger charge is 2.60. The molecule has 5 atom stereocenters. The van der Waals surface area contributed by atoms with Crippen LogP contribution in [0.5, 0.6) is 0 Å². The lowest BCUT2D eigenvalue weighted by Crippen LogP contribution is -2.80. The number of likely N-dealkylation sites (tertiary alicyclic amines) is 2. The van der Waals surface area contributed by atoms with Gasteiger partial charge < -0.3 is 30.1 Å². The van der Waals surface area contributed by atoms with Crippen molar-refractivity contribution in [3.63, 3.8) is 0 Å². The van der Waals surface area contributed by atoms with Gasteiger partial charge in [-0.3, -0.25) is 24.1 Å². The van der Waals surface area contributed by atoms with E-state index in [4.69, 9.17) is 19.1 Å². The molecule has 5 fully saturated rings. The van der Waals surface area contributed by atoms with Gasteiger partial charge >= 0.3 is 12.2 Å². The smallest absolute Gasteiger partial charge is 0.410 e. The Balaban J connectivity index is 1.22. The Morgan fingerprint density at radius 1 is 0.818 bits per heavy atom. The largest absolute Gasteiger partial charge is 0.444 e. The van der Waals surface area contributed by atoms with E-state index in [-0.39, 0.29) is 25.9 Å².